The summed E-state index contributed by atoms with van der Waals surface area (Å²) < 4.78 is 0. The Hall–Kier alpha value is -1.06. The molecule has 1 atom stereocenters. The van der Waals surface area contributed by atoms with Gasteiger partial charge in [-0.25, -0.2) is 0 Å². The smallest absolute Gasteiger partial charge is 0.0610 e. The second kappa shape index (κ2) is 4.85. The van der Waals surface area contributed by atoms with Crippen molar-refractivity contribution < 1.29 is 5.11 Å². The van der Waals surface area contributed by atoms with Gasteiger partial charge in [-0.2, -0.15) is 0 Å². The summed E-state index contributed by atoms with van der Waals surface area (Å²) in [6.45, 7) is 6.33. The van der Waals surface area contributed by atoms with Crippen molar-refractivity contribution in [2.45, 2.75) is 32.4 Å². The van der Waals surface area contributed by atoms with Crippen molar-refractivity contribution >= 4 is 5.69 Å². The van der Waals surface area contributed by atoms with Crippen LogP contribution in [0.2, 0.25) is 0 Å². The van der Waals surface area contributed by atoms with Gasteiger partial charge in [0, 0.05) is 17.3 Å². The van der Waals surface area contributed by atoms with Crippen molar-refractivity contribution in [3.05, 3.63) is 29.8 Å². The van der Waals surface area contributed by atoms with Gasteiger partial charge < -0.3 is 10.8 Å². The largest absolute Gasteiger partial charge is 0.399 e. The zero-order valence-electron chi connectivity index (χ0n) is 10.6. The van der Waals surface area contributed by atoms with Crippen LogP contribution in [0.1, 0.15) is 32.4 Å². The van der Waals surface area contributed by atoms with Crippen molar-refractivity contribution in [2.75, 3.05) is 19.4 Å². The number of nitrogens with two attached hydrogens (primary N) is 1. The number of aliphatic hydroxyl groups excluding tert-OH is 1. The minimum absolute atomic E-state index is 0.142. The molecule has 16 heavy (non-hydrogen) atoms. The molecule has 0 aliphatic carbocycles. The maximum atomic E-state index is 9.34. The molecule has 0 aliphatic rings. The van der Waals surface area contributed by atoms with Gasteiger partial charge in [-0.15, -0.1) is 0 Å². The molecule has 0 fully saturated rings. The van der Waals surface area contributed by atoms with Gasteiger partial charge in [0.2, 0.25) is 0 Å². The van der Waals surface area contributed by atoms with Gasteiger partial charge in [0.1, 0.15) is 0 Å². The van der Waals surface area contributed by atoms with Crippen LogP contribution in [0, 0.1) is 0 Å². The summed E-state index contributed by atoms with van der Waals surface area (Å²) in [4.78, 5) is 2.17. The van der Waals surface area contributed by atoms with Crippen LogP contribution in [0.15, 0.2) is 24.3 Å². The molecule has 0 saturated carbocycles. The Labute approximate surface area is 97.9 Å². The highest BCUT2D eigenvalue weighted by Gasteiger charge is 2.27. The first kappa shape index (κ1) is 13.0. The first-order chi connectivity index (χ1) is 7.38. The Morgan fingerprint density at radius 1 is 1.31 bits per heavy atom. The lowest BCUT2D eigenvalue weighted by Crippen LogP contribution is -2.45. The first-order valence-electron chi connectivity index (χ1n) is 5.57. The molecule has 0 bridgehead atoms. The molecule has 90 valence electrons. The lowest BCUT2D eigenvalue weighted by molar-refractivity contribution is 0.0503. The SMILES string of the molecule is CC(c1ccc(N)cc1)N(C)C(C)(C)CO. The molecule has 3 N–H and O–H groups in total. The van der Waals surface area contributed by atoms with E-state index in [0.29, 0.717) is 0 Å². The van der Waals surface area contributed by atoms with Gasteiger partial charge in [0.25, 0.3) is 0 Å². The fourth-order valence-corrected chi connectivity index (χ4v) is 1.63. The number of benzene rings is 1. The molecule has 0 aliphatic heterocycles. The Bertz CT molecular complexity index is 332. The fourth-order valence-electron chi connectivity index (χ4n) is 1.63. The van der Waals surface area contributed by atoms with E-state index in [0.717, 1.165) is 5.69 Å². The van der Waals surface area contributed by atoms with Gasteiger partial charge in [0.15, 0.2) is 0 Å². The summed E-state index contributed by atoms with van der Waals surface area (Å²) in [5.74, 6) is 0. The van der Waals surface area contributed by atoms with Crippen LogP contribution >= 0.6 is 0 Å². The van der Waals surface area contributed by atoms with Crippen LogP contribution in [0.25, 0.3) is 0 Å². The van der Waals surface area contributed by atoms with E-state index in [1.54, 1.807) is 0 Å². The molecule has 1 aromatic carbocycles. The lowest BCUT2D eigenvalue weighted by Gasteiger charge is -2.38. The number of rotatable bonds is 4. The molecule has 0 heterocycles. The summed E-state index contributed by atoms with van der Waals surface area (Å²) in [5, 5.41) is 9.34. The first-order valence-corrected chi connectivity index (χ1v) is 5.57. The number of nitrogen functional groups attached to an aromatic ring is 1. The fraction of sp³-hybridized carbons (Fsp3) is 0.538. The van der Waals surface area contributed by atoms with Gasteiger partial charge in [-0.05, 0) is 45.5 Å². The van der Waals surface area contributed by atoms with Crippen LogP contribution in [-0.2, 0) is 0 Å². The number of nitrogens with zero attached hydrogens (tertiary/aromatic N) is 1. The van der Waals surface area contributed by atoms with Gasteiger partial charge in [-0.1, -0.05) is 12.1 Å². The molecule has 3 nitrogen and oxygen atoms in total. The Balaban J connectivity index is 2.85. The quantitative estimate of drug-likeness (QED) is 0.766. The number of anilines is 1. The highest BCUT2D eigenvalue weighted by molar-refractivity contribution is 5.40. The number of aliphatic hydroxyl groups is 1. The second-order valence-corrected chi connectivity index (χ2v) is 4.92. The third-order valence-corrected chi connectivity index (χ3v) is 3.34. The number of hydrogen-bond acceptors (Lipinski definition) is 3. The molecule has 1 aromatic rings. The predicted molar refractivity (Wildman–Crippen MR) is 68.2 cm³/mol. The van der Waals surface area contributed by atoms with Crippen molar-refractivity contribution in [1.29, 1.82) is 0 Å². The zero-order valence-corrected chi connectivity index (χ0v) is 10.6. The third kappa shape index (κ3) is 2.74. The Morgan fingerprint density at radius 2 is 1.81 bits per heavy atom. The molecule has 0 aromatic heterocycles. The molecule has 0 radical (unpaired) electrons. The van der Waals surface area contributed by atoms with Crippen LogP contribution in [-0.4, -0.2) is 29.2 Å². The van der Waals surface area contributed by atoms with E-state index in [9.17, 15) is 5.11 Å². The van der Waals surface area contributed by atoms with E-state index >= 15 is 0 Å². The summed E-state index contributed by atoms with van der Waals surface area (Å²) >= 11 is 0. The zero-order chi connectivity index (χ0) is 12.3. The Kier molecular flexibility index (Phi) is 3.94. The lowest BCUT2D eigenvalue weighted by atomic mass is 9.99. The van der Waals surface area contributed by atoms with E-state index < -0.39 is 0 Å². The highest BCUT2D eigenvalue weighted by Crippen LogP contribution is 2.26. The molecular formula is C13H22N2O. The maximum Gasteiger partial charge on any atom is 0.0610 e. The summed E-state index contributed by atoms with van der Waals surface area (Å²) in [6, 6.07) is 8.13. The average molecular weight is 222 g/mol. The summed E-state index contributed by atoms with van der Waals surface area (Å²) in [7, 11) is 2.03. The average Bonchev–Trinajstić information content (AvgIpc) is 2.28. The molecule has 0 amide bonds. The van der Waals surface area contributed by atoms with E-state index in [1.807, 2.05) is 45.2 Å². The van der Waals surface area contributed by atoms with Crippen molar-refractivity contribution in [1.82, 2.24) is 4.90 Å². The summed E-state index contributed by atoms with van der Waals surface area (Å²) in [5.41, 5.74) is 7.42. The number of likely N-dealkylation sites (N-methyl/N-ethyl adjacent to an activating group) is 1. The van der Waals surface area contributed by atoms with Gasteiger partial charge in [0.05, 0.1) is 6.61 Å². The maximum absolute atomic E-state index is 9.34. The van der Waals surface area contributed by atoms with Gasteiger partial charge in [-0.3, -0.25) is 4.90 Å². The minimum Gasteiger partial charge on any atom is -0.399 e. The molecule has 0 spiro atoms. The normalized spacial score (nSPS) is 14.1. The predicted octanol–water partition coefficient (Wildman–Crippen LogP) is 2.03. The molecule has 1 unspecified atom stereocenters. The number of hydrogen-bond donors (Lipinski definition) is 2. The molecular weight excluding hydrogens is 200 g/mol. The molecule has 1 rings (SSSR count). The van der Waals surface area contributed by atoms with Crippen molar-refractivity contribution in [3.8, 4) is 0 Å². The molecule has 3 heteroatoms. The van der Waals surface area contributed by atoms with E-state index in [2.05, 4.69) is 11.8 Å². The topological polar surface area (TPSA) is 49.5 Å². The monoisotopic (exact) mass is 222 g/mol. The summed E-state index contributed by atoms with van der Waals surface area (Å²) in [6.07, 6.45) is 0. The van der Waals surface area contributed by atoms with E-state index in [1.165, 1.54) is 5.56 Å². The van der Waals surface area contributed by atoms with Crippen LogP contribution in [0.4, 0.5) is 5.69 Å². The van der Waals surface area contributed by atoms with Crippen LogP contribution in [0.5, 0.6) is 0 Å². The second-order valence-electron chi connectivity index (χ2n) is 4.92. The molecule has 0 saturated heterocycles. The van der Waals surface area contributed by atoms with Crippen LogP contribution < -0.4 is 5.73 Å². The van der Waals surface area contributed by atoms with E-state index in [-0.39, 0.29) is 18.2 Å². The highest BCUT2D eigenvalue weighted by atomic mass is 16.3. The standard InChI is InChI=1S/C13H22N2O/c1-10(15(4)13(2,3)9-16)11-5-7-12(14)8-6-11/h5-8,10,16H,9,14H2,1-4H3. The third-order valence-electron chi connectivity index (χ3n) is 3.34. The van der Waals surface area contributed by atoms with Crippen molar-refractivity contribution in [3.63, 3.8) is 0 Å². The Morgan fingerprint density at radius 3 is 2.25 bits per heavy atom. The van der Waals surface area contributed by atoms with Crippen LogP contribution in [0.3, 0.4) is 0 Å². The van der Waals surface area contributed by atoms with E-state index in [4.69, 9.17) is 5.73 Å². The van der Waals surface area contributed by atoms with Gasteiger partial charge >= 0.3 is 0 Å². The van der Waals surface area contributed by atoms with Crippen molar-refractivity contribution in [2.24, 2.45) is 0 Å². The minimum atomic E-state index is -0.221.